The van der Waals surface area contributed by atoms with Gasteiger partial charge in [-0.3, -0.25) is 14.5 Å². The van der Waals surface area contributed by atoms with Crippen LogP contribution in [0.2, 0.25) is 0 Å². The molecule has 0 aromatic carbocycles. The van der Waals surface area contributed by atoms with Crippen LogP contribution in [-0.2, 0) is 17.9 Å². The number of hydrogen-bond donors (Lipinski definition) is 2. The molecule has 2 aromatic heterocycles. The van der Waals surface area contributed by atoms with Crippen LogP contribution in [-0.4, -0.2) is 20.7 Å². The molecule has 17 heavy (non-hydrogen) atoms. The number of nitrogens with two attached hydrogens (primary N) is 1. The molecule has 0 aliphatic heterocycles. The van der Waals surface area contributed by atoms with Crippen molar-refractivity contribution >= 4 is 11.6 Å². The highest BCUT2D eigenvalue weighted by Gasteiger charge is 2.01. The van der Waals surface area contributed by atoms with E-state index in [-0.39, 0.29) is 6.54 Å². The van der Waals surface area contributed by atoms with Crippen molar-refractivity contribution in [2.45, 2.75) is 13.1 Å². The van der Waals surface area contributed by atoms with Gasteiger partial charge >= 0.3 is 0 Å². The van der Waals surface area contributed by atoms with E-state index in [0.717, 1.165) is 11.4 Å². The van der Waals surface area contributed by atoms with E-state index in [0.29, 0.717) is 6.54 Å². The summed E-state index contributed by atoms with van der Waals surface area (Å²) in [4.78, 5) is 14.9. The van der Waals surface area contributed by atoms with E-state index in [4.69, 9.17) is 5.73 Å². The van der Waals surface area contributed by atoms with Crippen molar-refractivity contribution in [3.8, 4) is 0 Å². The van der Waals surface area contributed by atoms with Gasteiger partial charge < -0.3 is 11.1 Å². The second kappa shape index (κ2) is 5.11. The molecule has 0 saturated heterocycles. The minimum atomic E-state index is -0.413. The van der Waals surface area contributed by atoms with E-state index >= 15 is 0 Å². The molecule has 0 unspecified atom stereocenters. The van der Waals surface area contributed by atoms with Gasteiger partial charge in [-0.25, -0.2) is 0 Å². The average molecular weight is 231 g/mol. The Kier molecular flexibility index (Phi) is 3.34. The first-order chi connectivity index (χ1) is 8.24. The van der Waals surface area contributed by atoms with E-state index in [2.05, 4.69) is 15.4 Å². The standard InChI is InChI=1S/C11H13N5O/c12-11(17)8-16-7-10(6-15-16)14-5-9-3-1-2-4-13-9/h1-4,6-7,14H,5,8H2,(H2,12,17). The maximum atomic E-state index is 10.7. The minimum absolute atomic E-state index is 0.0886. The Bertz CT molecular complexity index is 494. The average Bonchev–Trinajstić information content (AvgIpc) is 2.75. The number of rotatable bonds is 5. The Morgan fingerprint density at radius 2 is 2.35 bits per heavy atom. The molecule has 0 spiro atoms. The lowest BCUT2D eigenvalue weighted by Crippen LogP contribution is -2.18. The van der Waals surface area contributed by atoms with Gasteiger partial charge in [0.1, 0.15) is 6.54 Å². The minimum Gasteiger partial charge on any atom is -0.377 e. The summed E-state index contributed by atoms with van der Waals surface area (Å²) in [6.45, 7) is 0.703. The fourth-order valence-electron chi connectivity index (χ4n) is 1.40. The predicted octanol–water partition coefficient (Wildman–Crippen LogP) is 0.375. The van der Waals surface area contributed by atoms with Crippen LogP contribution >= 0.6 is 0 Å². The molecule has 0 radical (unpaired) electrons. The third-order valence-electron chi connectivity index (χ3n) is 2.15. The molecule has 3 N–H and O–H groups in total. The largest absolute Gasteiger partial charge is 0.377 e. The van der Waals surface area contributed by atoms with Crippen LogP contribution < -0.4 is 11.1 Å². The lowest BCUT2D eigenvalue weighted by atomic mass is 10.3. The quantitative estimate of drug-likeness (QED) is 0.778. The molecule has 0 aliphatic carbocycles. The zero-order valence-electron chi connectivity index (χ0n) is 9.21. The normalized spacial score (nSPS) is 10.1. The molecule has 2 aromatic rings. The Labute approximate surface area is 98.5 Å². The molecule has 88 valence electrons. The third kappa shape index (κ3) is 3.30. The summed E-state index contributed by atoms with van der Waals surface area (Å²) >= 11 is 0. The Morgan fingerprint density at radius 1 is 1.47 bits per heavy atom. The van der Waals surface area contributed by atoms with E-state index in [1.807, 2.05) is 18.2 Å². The summed E-state index contributed by atoms with van der Waals surface area (Å²) < 4.78 is 1.49. The van der Waals surface area contributed by atoms with Crippen molar-refractivity contribution < 1.29 is 4.79 Å². The van der Waals surface area contributed by atoms with Gasteiger partial charge in [0.15, 0.2) is 0 Å². The molecule has 6 nitrogen and oxygen atoms in total. The molecular weight excluding hydrogens is 218 g/mol. The van der Waals surface area contributed by atoms with Gasteiger partial charge in [-0.1, -0.05) is 6.07 Å². The van der Waals surface area contributed by atoms with Crippen molar-refractivity contribution in [3.63, 3.8) is 0 Å². The van der Waals surface area contributed by atoms with Gasteiger partial charge in [0.05, 0.1) is 24.1 Å². The number of aromatic nitrogens is 3. The van der Waals surface area contributed by atoms with Crippen molar-refractivity contribution in [2.24, 2.45) is 5.73 Å². The zero-order valence-corrected chi connectivity index (χ0v) is 9.21. The molecule has 2 rings (SSSR count). The van der Waals surface area contributed by atoms with Crippen LogP contribution in [0.4, 0.5) is 5.69 Å². The summed E-state index contributed by atoms with van der Waals surface area (Å²) in [6.07, 6.45) is 5.12. The van der Waals surface area contributed by atoms with Crippen LogP contribution in [0.5, 0.6) is 0 Å². The lowest BCUT2D eigenvalue weighted by Gasteiger charge is -2.01. The summed E-state index contributed by atoms with van der Waals surface area (Å²) in [5, 5.41) is 7.16. The van der Waals surface area contributed by atoms with Gasteiger partial charge in [0.2, 0.25) is 5.91 Å². The zero-order chi connectivity index (χ0) is 12.1. The summed E-state index contributed by atoms with van der Waals surface area (Å²) in [5.74, 6) is -0.413. The van der Waals surface area contributed by atoms with Gasteiger partial charge in [-0.05, 0) is 12.1 Å². The van der Waals surface area contributed by atoms with E-state index < -0.39 is 5.91 Å². The van der Waals surface area contributed by atoms with Crippen LogP contribution in [0, 0.1) is 0 Å². The lowest BCUT2D eigenvalue weighted by molar-refractivity contribution is -0.118. The van der Waals surface area contributed by atoms with E-state index in [9.17, 15) is 4.79 Å². The van der Waals surface area contributed by atoms with Crippen LogP contribution in [0.15, 0.2) is 36.8 Å². The fourth-order valence-corrected chi connectivity index (χ4v) is 1.40. The molecule has 2 heterocycles. The van der Waals surface area contributed by atoms with Crippen molar-refractivity contribution in [2.75, 3.05) is 5.32 Å². The van der Waals surface area contributed by atoms with Crippen molar-refractivity contribution in [1.29, 1.82) is 0 Å². The van der Waals surface area contributed by atoms with Gasteiger partial charge in [-0.15, -0.1) is 0 Å². The summed E-state index contributed by atoms with van der Waals surface area (Å²) in [6, 6.07) is 5.73. The second-order valence-corrected chi connectivity index (χ2v) is 3.57. The van der Waals surface area contributed by atoms with Gasteiger partial charge in [0.25, 0.3) is 0 Å². The molecule has 0 saturated carbocycles. The van der Waals surface area contributed by atoms with E-state index in [1.54, 1.807) is 18.6 Å². The first kappa shape index (κ1) is 11.1. The first-order valence-corrected chi connectivity index (χ1v) is 5.18. The first-order valence-electron chi connectivity index (χ1n) is 5.18. The predicted molar refractivity (Wildman–Crippen MR) is 63.0 cm³/mol. The fraction of sp³-hybridized carbons (Fsp3) is 0.182. The van der Waals surface area contributed by atoms with Crippen LogP contribution in [0.25, 0.3) is 0 Å². The SMILES string of the molecule is NC(=O)Cn1cc(NCc2ccccn2)cn1. The Balaban J connectivity index is 1.91. The molecule has 0 aliphatic rings. The molecule has 0 fully saturated rings. The van der Waals surface area contributed by atoms with Gasteiger partial charge in [0, 0.05) is 12.4 Å². The second-order valence-electron chi connectivity index (χ2n) is 3.57. The monoisotopic (exact) mass is 231 g/mol. The Morgan fingerprint density at radius 3 is 3.06 bits per heavy atom. The molecule has 6 heteroatoms. The molecule has 0 atom stereocenters. The maximum Gasteiger partial charge on any atom is 0.239 e. The molecule has 1 amide bonds. The Hall–Kier alpha value is -2.37. The number of primary amides is 1. The number of pyridine rings is 1. The van der Waals surface area contributed by atoms with E-state index in [1.165, 1.54) is 4.68 Å². The highest BCUT2D eigenvalue weighted by Crippen LogP contribution is 2.06. The number of anilines is 1. The van der Waals surface area contributed by atoms with Crippen molar-refractivity contribution in [1.82, 2.24) is 14.8 Å². The summed E-state index contributed by atoms with van der Waals surface area (Å²) in [7, 11) is 0. The topological polar surface area (TPSA) is 85.8 Å². The number of hydrogen-bond acceptors (Lipinski definition) is 4. The summed E-state index contributed by atoms with van der Waals surface area (Å²) in [5.41, 5.74) is 6.84. The number of carbonyl (C=O) groups excluding carboxylic acids is 1. The maximum absolute atomic E-state index is 10.7. The smallest absolute Gasteiger partial charge is 0.239 e. The highest BCUT2D eigenvalue weighted by atomic mass is 16.1. The highest BCUT2D eigenvalue weighted by molar-refractivity contribution is 5.73. The number of nitrogens with one attached hydrogen (secondary N) is 1. The van der Waals surface area contributed by atoms with Crippen LogP contribution in [0.1, 0.15) is 5.69 Å². The molecule has 0 bridgehead atoms. The molecular formula is C11H13N5O. The van der Waals surface area contributed by atoms with Gasteiger partial charge in [-0.2, -0.15) is 5.10 Å². The number of amides is 1. The van der Waals surface area contributed by atoms with Crippen molar-refractivity contribution in [3.05, 3.63) is 42.5 Å². The van der Waals surface area contributed by atoms with Crippen LogP contribution in [0.3, 0.4) is 0 Å². The third-order valence-corrected chi connectivity index (χ3v) is 2.15. The number of carbonyl (C=O) groups is 1. The number of nitrogens with zero attached hydrogens (tertiary/aromatic N) is 3.